The van der Waals surface area contributed by atoms with Gasteiger partial charge in [0.1, 0.15) is 11.6 Å². The van der Waals surface area contributed by atoms with Gasteiger partial charge >= 0.3 is 0 Å². The molecule has 2 rings (SSSR count). The van der Waals surface area contributed by atoms with E-state index < -0.39 is 0 Å². The van der Waals surface area contributed by atoms with Gasteiger partial charge in [0.25, 0.3) is 0 Å². The molecule has 0 radical (unpaired) electrons. The topological polar surface area (TPSA) is 38.1 Å². The normalized spacial score (nSPS) is 10.9. The quantitative estimate of drug-likeness (QED) is 0.903. The molecular formula is C14H17FN2O. The first-order valence-corrected chi connectivity index (χ1v) is 5.95. The number of benzene rings is 1. The Bertz CT molecular complexity index is 529. The second-order valence-corrected chi connectivity index (χ2v) is 4.42. The molecular weight excluding hydrogens is 231 g/mol. The largest absolute Gasteiger partial charge is 0.444 e. The zero-order valence-electron chi connectivity index (χ0n) is 10.9. The number of rotatable bonds is 4. The lowest BCUT2D eigenvalue weighted by Gasteiger charge is -2.06. The second kappa shape index (κ2) is 5.31. The average Bonchev–Trinajstić information content (AvgIpc) is 2.63. The van der Waals surface area contributed by atoms with Crippen molar-refractivity contribution < 1.29 is 8.81 Å². The summed E-state index contributed by atoms with van der Waals surface area (Å²) in [6.07, 6.45) is 0. The van der Waals surface area contributed by atoms with Crippen LogP contribution < -0.4 is 5.32 Å². The van der Waals surface area contributed by atoms with Crippen LogP contribution >= 0.6 is 0 Å². The van der Waals surface area contributed by atoms with Gasteiger partial charge in [-0.2, -0.15) is 0 Å². The molecule has 0 saturated heterocycles. The minimum absolute atomic E-state index is 0.208. The summed E-state index contributed by atoms with van der Waals surface area (Å²) < 4.78 is 18.6. The van der Waals surface area contributed by atoms with E-state index in [9.17, 15) is 4.39 Å². The highest BCUT2D eigenvalue weighted by molar-refractivity contribution is 5.26. The highest BCUT2D eigenvalue weighted by Gasteiger charge is 2.05. The third kappa shape index (κ3) is 2.96. The lowest BCUT2D eigenvalue weighted by molar-refractivity contribution is 0.448. The Hall–Kier alpha value is -1.68. The van der Waals surface area contributed by atoms with Crippen LogP contribution in [0.2, 0.25) is 0 Å². The molecule has 0 bridgehead atoms. The molecule has 1 aromatic heterocycles. The molecule has 0 aliphatic rings. The minimum atomic E-state index is -0.208. The van der Waals surface area contributed by atoms with Crippen LogP contribution in [0.4, 0.5) is 4.39 Å². The van der Waals surface area contributed by atoms with E-state index in [0.29, 0.717) is 19.0 Å². The fourth-order valence-corrected chi connectivity index (χ4v) is 1.75. The summed E-state index contributed by atoms with van der Waals surface area (Å²) in [5, 5.41) is 3.20. The van der Waals surface area contributed by atoms with Gasteiger partial charge in [0.05, 0.1) is 12.2 Å². The predicted octanol–water partition coefficient (Wildman–Crippen LogP) is 3.03. The smallest absolute Gasteiger partial charge is 0.208 e. The lowest BCUT2D eigenvalue weighted by atomic mass is 10.1. The number of hydrogen-bond acceptors (Lipinski definition) is 3. The van der Waals surface area contributed by atoms with E-state index in [1.54, 1.807) is 12.1 Å². The molecule has 1 N–H and O–H groups in total. The first-order chi connectivity index (χ1) is 8.56. The van der Waals surface area contributed by atoms with Gasteiger partial charge in [-0.25, -0.2) is 9.37 Å². The van der Waals surface area contributed by atoms with Crippen LogP contribution in [-0.2, 0) is 13.1 Å². The van der Waals surface area contributed by atoms with Crippen molar-refractivity contribution in [2.75, 3.05) is 0 Å². The van der Waals surface area contributed by atoms with E-state index in [1.807, 2.05) is 20.8 Å². The van der Waals surface area contributed by atoms with Crippen molar-refractivity contribution in [3.63, 3.8) is 0 Å². The summed E-state index contributed by atoms with van der Waals surface area (Å²) in [4.78, 5) is 4.28. The number of hydrogen-bond donors (Lipinski definition) is 1. The SMILES string of the molecule is Cc1ccc(F)cc1CNCc1nc(C)c(C)o1. The molecule has 0 aliphatic heterocycles. The van der Waals surface area contributed by atoms with Crippen LogP contribution in [0.15, 0.2) is 22.6 Å². The molecule has 1 aromatic carbocycles. The van der Waals surface area contributed by atoms with E-state index in [0.717, 1.165) is 22.6 Å². The van der Waals surface area contributed by atoms with Gasteiger partial charge in [-0.15, -0.1) is 0 Å². The maximum atomic E-state index is 13.1. The molecule has 0 unspecified atom stereocenters. The number of oxazole rings is 1. The Kier molecular flexibility index (Phi) is 3.77. The van der Waals surface area contributed by atoms with E-state index in [4.69, 9.17) is 4.42 Å². The third-order valence-corrected chi connectivity index (χ3v) is 2.98. The number of aromatic nitrogens is 1. The van der Waals surface area contributed by atoms with Crippen LogP contribution in [0.25, 0.3) is 0 Å². The predicted molar refractivity (Wildman–Crippen MR) is 67.7 cm³/mol. The van der Waals surface area contributed by atoms with Gasteiger partial charge in [-0.1, -0.05) is 6.07 Å². The summed E-state index contributed by atoms with van der Waals surface area (Å²) in [6.45, 7) is 6.92. The highest BCUT2D eigenvalue weighted by atomic mass is 19.1. The maximum absolute atomic E-state index is 13.1. The molecule has 3 nitrogen and oxygen atoms in total. The Morgan fingerprint density at radius 1 is 1.22 bits per heavy atom. The first-order valence-electron chi connectivity index (χ1n) is 5.95. The molecule has 4 heteroatoms. The molecule has 0 saturated carbocycles. The lowest BCUT2D eigenvalue weighted by Crippen LogP contribution is -2.14. The zero-order chi connectivity index (χ0) is 13.1. The van der Waals surface area contributed by atoms with Gasteiger partial charge in [0.15, 0.2) is 0 Å². The van der Waals surface area contributed by atoms with E-state index in [2.05, 4.69) is 10.3 Å². The first kappa shape index (κ1) is 12.8. The molecule has 0 fully saturated rings. The van der Waals surface area contributed by atoms with Crippen molar-refractivity contribution in [3.05, 3.63) is 52.5 Å². The van der Waals surface area contributed by atoms with E-state index >= 15 is 0 Å². The van der Waals surface area contributed by atoms with Crippen LogP contribution in [-0.4, -0.2) is 4.98 Å². The number of nitrogens with zero attached hydrogens (tertiary/aromatic N) is 1. The van der Waals surface area contributed by atoms with Crippen molar-refractivity contribution in [2.24, 2.45) is 0 Å². The van der Waals surface area contributed by atoms with Crippen molar-refractivity contribution in [1.29, 1.82) is 0 Å². The molecule has 2 aromatic rings. The standard InChI is InChI=1S/C14H17FN2O/c1-9-4-5-13(15)6-12(9)7-16-8-14-17-10(2)11(3)18-14/h4-6,16H,7-8H2,1-3H3. The summed E-state index contributed by atoms with van der Waals surface area (Å²) in [6, 6.07) is 4.81. The molecule has 0 aliphatic carbocycles. The Morgan fingerprint density at radius 3 is 2.67 bits per heavy atom. The zero-order valence-corrected chi connectivity index (χ0v) is 10.9. The molecule has 18 heavy (non-hydrogen) atoms. The molecule has 1 heterocycles. The van der Waals surface area contributed by atoms with Crippen LogP contribution in [0.5, 0.6) is 0 Å². The maximum Gasteiger partial charge on any atom is 0.208 e. The van der Waals surface area contributed by atoms with Gasteiger partial charge in [0, 0.05) is 6.54 Å². The van der Waals surface area contributed by atoms with Crippen molar-refractivity contribution in [1.82, 2.24) is 10.3 Å². The third-order valence-electron chi connectivity index (χ3n) is 2.98. The van der Waals surface area contributed by atoms with Crippen molar-refractivity contribution in [3.8, 4) is 0 Å². The van der Waals surface area contributed by atoms with E-state index in [1.165, 1.54) is 6.07 Å². The summed E-state index contributed by atoms with van der Waals surface area (Å²) in [5.74, 6) is 1.30. The van der Waals surface area contributed by atoms with Crippen molar-refractivity contribution >= 4 is 0 Å². The number of aryl methyl sites for hydroxylation is 3. The number of nitrogens with one attached hydrogen (secondary N) is 1. The van der Waals surface area contributed by atoms with Crippen molar-refractivity contribution in [2.45, 2.75) is 33.9 Å². The van der Waals surface area contributed by atoms with Gasteiger partial charge in [0.2, 0.25) is 5.89 Å². The Labute approximate surface area is 106 Å². The molecule has 0 spiro atoms. The second-order valence-electron chi connectivity index (χ2n) is 4.42. The van der Waals surface area contributed by atoms with Crippen LogP contribution in [0, 0.1) is 26.6 Å². The van der Waals surface area contributed by atoms with E-state index in [-0.39, 0.29) is 5.82 Å². The average molecular weight is 248 g/mol. The summed E-state index contributed by atoms with van der Waals surface area (Å²) in [5.41, 5.74) is 2.94. The van der Waals surface area contributed by atoms with Gasteiger partial charge < -0.3 is 9.73 Å². The molecule has 0 atom stereocenters. The fourth-order valence-electron chi connectivity index (χ4n) is 1.75. The Morgan fingerprint density at radius 2 is 2.00 bits per heavy atom. The minimum Gasteiger partial charge on any atom is -0.444 e. The van der Waals surface area contributed by atoms with Gasteiger partial charge in [-0.05, 0) is 44.0 Å². The fraction of sp³-hybridized carbons (Fsp3) is 0.357. The number of halogens is 1. The molecule has 0 amide bonds. The highest BCUT2D eigenvalue weighted by Crippen LogP contribution is 2.11. The summed E-state index contributed by atoms with van der Waals surface area (Å²) >= 11 is 0. The Balaban J connectivity index is 1.94. The van der Waals surface area contributed by atoms with Crippen LogP contribution in [0.1, 0.15) is 28.5 Å². The van der Waals surface area contributed by atoms with Crippen LogP contribution in [0.3, 0.4) is 0 Å². The summed E-state index contributed by atoms with van der Waals surface area (Å²) in [7, 11) is 0. The molecule has 96 valence electrons. The monoisotopic (exact) mass is 248 g/mol. The van der Waals surface area contributed by atoms with Gasteiger partial charge in [-0.3, -0.25) is 0 Å².